The zero-order chi connectivity index (χ0) is 15.7. The van der Waals surface area contributed by atoms with Crippen molar-refractivity contribution in [1.82, 2.24) is 0 Å². The van der Waals surface area contributed by atoms with Crippen LogP contribution in [0.3, 0.4) is 0 Å². The number of ether oxygens (including phenoxy) is 1. The minimum absolute atomic E-state index is 0.129. The Balaban J connectivity index is 1.90. The first-order valence-corrected chi connectivity index (χ1v) is 7.78. The molecule has 5 nitrogen and oxygen atoms in total. The van der Waals surface area contributed by atoms with E-state index in [0.717, 1.165) is 25.7 Å². The Labute approximate surface area is 129 Å². The number of rotatable bonds is 3. The Bertz CT molecular complexity index is 601. The molecular formula is C17H19NO4. The second-order valence-electron chi connectivity index (χ2n) is 5.78. The molecule has 0 spiro atoms. The van der Waals surface area contributed by atoms with Crippen molar-refractivity contribution in [1.29, 1.82) is 0 Å². The summed E-state index contributed by atoms with van der Waals surface area (Å²) in [5, 5.41) is 0. The molecule has 2 amide bonds. The summed E-state index contributed by atoms with van der Waals surface area (Å²) in [4.78, 5) is 38.2. The van der Waals surface area contributed by atoms with E-state index in [0.29, 0.717) is 11.3 Å². The molecule has 3 rings (SSSR count). The molecule has 0 radical (unpaired) electrons. The van der Waals surface area contributed by atoms with Gasteiger partial charge in [0, 0.05) is 0 Å². The van der Waals surface area contributed by atoms with Gasteiger partial charge in [-0.25, -0.2) is 4.79 Å². The number of fused-ring (bicyclic) bond motifs is 1. The summed E-state index contributed by atoms with van der Waals surface area (Å²) in [5.74, 6) is -1.08. The van der Waals surface area contributed by atoms with Crippen LogP contribution in [0.25, 0.3) is 0 Å². The van der Waals surface area contributed by atoms with Crippen molar-refractivity contribution in [2.24, 2.45) is 11.8 Å². The SMILES string of the molecule is CCOC(=O)c1cccc(N2C(=O)[C@@H]3CCCC[C@H]3C2=O)c1. The van der Waals surface area contributed by atoms with Gasteiger partial charge in [0.25, 0.3) is 0 Å². The molecule has 1 aromatic rings. The van der Waals surface area contributed by atoms with E-state index in [1.807, 2.05) is 0 Å². The van der Waals surface area contributed by atoms with Gasteiger partial charge in [-0.3, -0.25) is 14.5 Å². The molecule has 22 heavy (non-hydrogen) atoms. The van der Waals surface area contributed by atoms with E-state index < -0.39 is 5.97 Å². The molecule has 0 unspecified atom stereocenters. The summed E-state index contributed by atoms with van der Waals surface area (Å²) < 4.78 is 4.97. The fourth-order valence-electron chi connectivity index (χ4n) is 3.40. The molecule has 1 heterocycles. The minimum atomic E-state index is -0.444. The van der Waals surface area contributed by atoms with Gasteiger partial charge < -0.3 is 4.74 Å². The molecule has 0 N–H and O–H groups in total. The van der Waals surface area contributed by atoms with Gasteiger partial charge in [-0.1, -0.05) is 18.9 Å². The van der Waals surface area contributed by atoms with Crippen molar-refractivity contribution >= 4 is 23.5 Å². The van der Waals surface area contributed by atoms with E-state index >= 15 is 0 Å². The Morgan fingerprint density at radius 1 is 1.18 bits per heavy atom. The zero-order valence-corrected chi connectivity index (χ0v) is 12.6. The summed E-state index contributed by atoms with van der Waals surface area (Å²) in [6.45, 7) is 2.02. The summed E-state index contributed by atoms with van der Waals surface area (Å²) in [7, 11) is 0. The van der Waals surface area contributed by atoms with E-state index in [1.54, 1.807) is 31.2 Å². The molecule has 1 aliphatic heterocycles. The third-order valence-electron chi connectivity index (χ3n) is 4.46. The predicted molar refractivity (Wildman–Crippen MR) is 80.3 cm³/mol. The molecule has 2 atom stereocenters. The van der Waals surface area contributed by atoms with Crippen molar-refractivity contribution in [3.8, 4) is 0 Å². The number of carbonyl (C=O) groups excluding carboxylic acids is 3. The van der Waals surface area contributed by atoms with E-state index in [4.69, 9.17) is 4.74 Å². The first kappa shape index (κ1) is 14.8. The fraction of sp³-hybridized carbons (Fsp3) is 0.471. The topological polar surface area (TPSA) is 63.7 Å². The number of anilines is 1. The van der Waals surface area contributed by atoms with Crippen LogP contribution in [0.15, 0.2) is 24.3 Å². The Morgan fingerprint density at radius 2 is 1.82 bits per heavy atom. The third kappa shape index (κ3) is 2.40. The van der Waals surface area contributed by atoms with Crippen LogP contribution < -0.4 is 4.90 Å². The van der Waals surface area contributed by atoms with Crippen LogP contribution in [-0.2, 0) is 14.3 Å². The highest BCUT2D eigenvalue weighted by Gasteiger charge is 2.48. The van der Waals surface area contributed by atoms with Gasteiger partial charge in [-0.05, 0) is 38.0 Å². The molecule has 2 fully saturated rings. The number of esters is 1. The van der Waals surface area contributed by atoms with E-state index in [9.17, 15) is 14.4 Å². The Hall–Kier alpha value is -2.17. The summed E-state index contributed by atoms with van der Waals surface area (Å²) >= 11 is 0. The van der Waals surface area contributed by atoms with Crippen molar-refractivity contribution in [3.63, 3.8) is 0 Å². The summed E-state index contributed by atoms with van der Waals surface area (Å²) in [6, 6.07) is 6.55. The van der Waals surface area contributed by atoms with Gasteiger partial charge in [0.05, 0.1) is 29.7 Å². The van der Waals surface area contributed by atoms with Crippen molar-refractivity contribution < 1.29 is 19.1 Å². The molecule has 0 aromatic heterocycles. The number of benzene rings is 1. The number of carbonyl (C=O) groups is 3. The van der Waals surface area contributed by atoms with Crippen LogP contribution in [-0.4, -0.2) is 24.4 Å². The maximum absolute atomic E-state index is 12.5. The normalized spacial score (nSPS) is 24.3. The van der Waals surface area contributed by atoms with Gasteiger partial charge in [-0.15, -0.1) is 0 Å². The zero-order valence-electron chi connectivity index (χ0n) is 12.6. The Morgan fingerprint density at radius 3 is 2.41 bits per heavy atom. The van der Waals surface area contributed by atoms with E-state index in [1.165, 1.54) is 4.90 Å². The van der Waals surface area contributed by atoms with Gasteiger partial charge >= 0.3 is 5.97 Å². The quantitative estimate of drug-likeness (QED) is 0.636. The van der Waals surface area contributed by atoms with Crippen molar-refractivity contribution in [2.75, 3.05) is 11.5 Å². The minimum Gasteiger partial charge on any atom is -0.462 e. The smallest absolute Gasteiger partial charge is 0.338 e. The van der Waals surface area contributed by atoms with Crippen LogP contribution in [0.5, 0.6) is 0 Å². The standard InChI is InChI=1S/C17H19NO4/c1-2-22-17(21)11-6-5-7-12(10-11)18-15(19)13-8-3-4-9-14(13)16(18)20/h5-7,10,13-14H,2-4,8-9H2,1H3/t13-,14-/m1/s1. The highest BCUT2D eigenvalue weighted by molar-refractivity contribution is 6.22. The molecule has 0 bridgehead atoms. The van der Waals surface area contributed by atoms with Crippen LogP contribution in [0.1, 0.15) is 43.0 Å². The lowest BCUT2D eigenvalue weighted by Crippen LogP contribution is -2.31. The highest BCUT2D eigenvalue weighted by atomic mass is 16.5. The number of amides is 2. The number of hydrogen-bond acceptors (Lipinski definition) is 4. The number of nitrogens with zero attached hydrogens (tertiary/aromatic N) is 1. The molecule has 1 aromatic carbocycles. The molecule has 1 saturated carbocycles. The average molecular weight is 301 g/mol. The van der Waals surface area contributed by atoms with Gasteiger partial charge in [0.1, 0.15) is 0 Å². The van der Waals surface area contributed by atoms with Crippen molar-refractivity contribution in [3.05, 3.63) is 29.8 Å². The van der Waals surface area contributed by atoms with E-state index in [-0.39, 0.29) is 30.3 Å². The lowest BCUT2D eigenvalue weighted by Gasteiger charge is -2.19. The van der Waals surface area contributed by atoms with E-state index in [2.05, 4.69) is 0 Å². The predicted octanol–water partition coefficient (Wildman–Crippen LogP) is 2.54. The largest absolute Gasteiger partial charge is 0.462 e. The molecule has 1 saturated heterocycles. The van der Waals surface area contributed by atoms with Crippen LogP contribution in [0.4, 0.5) is 5.69 Å². The molecule has 1 aliphatic carbocycles. The highest BCUT2D eigenvalue weighted by Crippen LogP contribution is 2.40. The fourth-order valence-corrected chi connectivity index (χ4v) is 3.40. The molecular weight excluding hydrogens is 282 g/mol. The molecule has 116 valence electrons. The lowest BCUT2D eigenvalue weighted by molar-refractivity contribution is -0.122. The van der Waals surface area contributed by atoms with Crippen molar-refractivity contribution in [2.45, 2.75) is 32.6 Å². The van der Waals surface area contributed by atoms with Gasteiger partial charge in [0.2, 0.25) is 11.8 Å². The molecule has 5 heteroatoms. The number of hydrogen-bond donors (Lipinski definition) is 0. The second kappa shape index (κ2) is 5.91. The second-order valence-corrected chi connectivity index (χ2v) is 5.78. The summed E-state index contributed by atoms with van der Waals surface area (Å²) in [6.07, 6.45) is 3.56. The average Bonchev–Trinajstić information content (AvgIpc) is 2.80. The lowest BCUT2D eigenvalue weighted by atomic mass is 9.81. The van der Waals surface area contributed by atoms with Crippen LogP contribution >= 0.6 is 0 Å². The maximum atomic E-state index is 12.5. The first-order chi connectivity index (χ1) is 10.6. The van der Waals surface area contributed by atoms with Gasteiger partial charge in [-0.2, -0.15) is 0 Å². The van der Waals surface area contributed by atoms with Gasteiger partial charge in [0.15, 0.2) is 0 Å². The first-order valence-electron chi connectivity index (χ1n) is 7.78. The Kier molecular flexibility index (Phi) is 3.96. The van der Waals surface area contributed by atoms with Crippen LogP contribution in [0.2, 0.25) is 0 Å². The third-order valence-corrected chi connectivity index (χ3v) is 4.46. The maximum Gasteiger partial charge on any atom is 0.338 e. The molecule has 2 aliphatic rings. The summed E-state index contributed by atoms with van der Waals surface area (Å²) in [5.41, 5.74) is 0.824. The monoisotopic (exact) mass is 301 g/mol. The number of imide groups is 1. The van der Waals surface area contributed by atoms with Crippen LogP contribution in [0, 0.1) is 11.8 Å².